The van der Waals surface area contributed by atoms with Crippen molar-refractivity contribution in [1.82, 2.24) is 15.1 Å². The molecule has 2 aliphatic heterocycles. The number of carbonyl (C=O) groups excluding carboxylic acids is 1. The summed E-state index contributed by atoms with van der Waals surface area (Å²) in [6.45, 7) is 6.54. The van der Waals surface area contributed by atoms with Gasteiger partial charge in [0.2, 0.25) is 5.91 Å². The molecule has 0 unspecified atom stereocenters. The van der Waals surface area contributed by atoms with Crippen LogP contribution in [-0.2, 0) is 4.79 Å². The third-order valence-corrected chi connectivity index (χ3v) is 4.30. The van der Waals surface area contributed by atoms with Gasteiger partial charge in [-0.25, -0.2) is 0 Å². The first-order valence-electron chi connectivity index (χ1n) is 7.43. The molecule has 0 radical (unpaired) electrons. The van der Waals surface area contributed by atoms with E-state index in [0.29, 0.717) is 11.8 Å². The van der Waals surface area contributed by atoms with Crippen molar-refractivity contribution >= 4 is 5.91 Å². The lowest BCUT2D eigenvalue weighted by Crippen LogP contribution is -2.37. The number of nitrogens with one attached hydrogen (secondary N) is 1. The summed E-state index contributed by atoms with van der Waals surface area (Å²) in [4.78, 5) is 16.5. The largest absolute Gasteiger partial charge is 0.344 e. The molecule has 0 saturated carbocycles. The third kappa shape index (κ3) is 4.25. The summed E-state index contributed by atoms with van der Waals surface area (Å²) in [7, 11) is 1.96. The molecule has 1 amide bonds. The summed E-state index contributed by atoms with van der Waals surface area (Å²) >= 11 is 0. The Bertz CT molecular complexity index is 258. The lowest BCUT2D eigenvalue weighted by atomic mass is 9.94. The number of likely N-dealkylation sites (N-methyl/N-ethyl adjacent to an activating group) is 1. The molecule has 2 fully saturated rings. The van der Waals surface area contributed by atoms with Crippen LogP contribution in [0.5, 0.6) is 0 Å². The topological polar surface area (TPSA) is 35.6 Å². The SMILES string of the molecule is CN(CCN1CCCC1)C(=O)CC1CCNCC1. The van der Waals surface area contributed by atoms with Crippen molar-refractivity contribution in [3.05, 3.63) is 0 Å². The lowest BCUT2D eigenvalue weighted by Gasteiger charge is -2.26. The molecule has 4 nitrogen and oxygen atoms in total. The number of hydrogen-bond donors (Lipinski definition) is 1. The van der Waals surface area contributed by atoms with Gasteiger partial charge in [-0.15, -0.1) is 0 Å². The Kier molecular flexibility index (Phi) is 5.45. The molecule has 0 bridgehead atoms. The van der Waals surface area contributed by atoms with Crippen LogP contribution in [0, 0.1) is 5.92 Å². The fourth-order valence-electron chi connectivity index (χ4n) is 2.91. The average Bonchev–Trinajstić information content (AvgIpc) is 2.90. The maximum Gasteiger partial charge on any atom is 0.222 e. The van der Waals surface area contributed by atoms with Crippen molar-refractivity contribution in [2.45, 2.75) is 32.1 Å². The van der Waals surface area contributed by atoms with E-state index in [1.807, 2.05) is 11.9 Å². The molecule has 2 saturated heterocycles. The fourth-order valence-corrected chi connectivity index (χ4v) is 2.91. The van der Waals surface area contributed by atoms with Gasteiger partial charge in [-0.2, -0.15) is 0 Å². The molecule has 2 rings (SSSR count). The maximum atomic E-state index is 12.1. The molecule has 104 valence electrons. The second-order valence-corrected chi connectivity index (χ2v) is 5.76. The molecule has 0 atom stereocenters. The van der Waals surface area contributed by atoms with Crippen LogP contribution in [0.1, 0.15) is 32.1 Å². The molecule has 0 spiro atoms. The Morgan fingerprint density at radius 3 is 2.61 bits per heavy atom. The summed E-state index contributed by atoms with van der Waals surface area (Å²) in [6, 6.07) is 0. The van der Waals surface area contributed by atoms with Crippen LogP contribution in [0.4, 0.5) is 0 Å². The first-order chi connectivity index (χ1) is 8.75. The van der Waals surface area contributed by atoms with E-state index in [-0.39, 0.29) is 0 Å². The maximum absolute atomic E-state index is 12.1. The summed E-state index contributed by atoms with van der Waals surface area (Å²) in [5.41, 5.74) is 0. The number of amides is 1. The zero-order chi connectivity index (χ0) is 12.8. The Labute approximate surface area is 111 Å². The van der Waals surface area contributed by atoms with E-state index in [9.17, 15) is 4.79 Å². The molecule has 18 heavy (non-hydrogen) atoms. The first-order valence-corrected chi connectivity index (χ1v) is 7.43. The Balaban J connectivity index is 1.63. The van der Waals surface area contributed by atoms with Gasteiger partial charge in [0.1, 0.15) is 0 Å². The number of likely N-dealkylation sites (tertiary alicyclic amines) is 1. The number of hydrogen-bond acceptors (Lipinski definition) is 3. The van der Waals surface area contributed by atoms with Crippen LogP contribution >= 0.6 is 0 Å². The second-order valence-electron chi connectivity index (χ2n) is 5.76. The number of nitrogens with zero attached hydrogens (tertiary/aromatic N) is 2. The molecule has 4 heteroatoms. The molecule has 0 aromatic heterocycles. The molecule has 0 aromatic carbocycles. The lowest BCUT2D eigenvalue weighted by molar-refractivity contribution is -0.131. The van der Waals surface area contributed by atoms with E-state index in [1.54, 1.807) is 0 Å². The number of piperidine rings is 1. The third-order valence-electron chi connectivity index (χ3n) is 4.30. The molecule has 2 aliphatic rings. The van der Waals surface area contributed by atoms with E-state index in [0.717, 1.165) is 45.4 Å². The number of carbonyl (C=O) groups is 1. The van der Waals surface area contributed by atoms with E-state index >= 15 is 0 Å². The van der Waals surface area contributed by atoms with E-state index < -0.39 is 0 Å². The molecule has 2 heterocycles. The van der Waals surface area contributed by atoms with Gasteiger partial charge in [0, 0.05) is 26.6 Å². The highest BCUT2D eigenvalue weighted by Gasteiger charge is 2.19. The van der Waals surface area contributed by atoms with Crippen LogP contribution in [0.15, 0.2) is 0 Å². The van der Waals surface area contributed by atoms with Crippen molar-refractivity contribution in [2.75, 3.05) is 46.3 Å². The van der Waals surface area contributed by atoms with Gasteiger partial charge >= 0.3 is 0 Å². The van der Waals surface area contributed by atoms with Crippen molar-refractivity contribution < 1.29 is 4.79 Å². The normalized spacial score (nSPS) is 22.3. The summed E-state index contributed by atoms with van der Waals surface area (Å²) < 4.78 is 0. The molecular formula is C14H27N3O. The van der Waals surface area contributed by atoms with Crippen molar-refractivity contribution in [2.24, 2.45) is 5.92 Å². The summed E-state index contributed by atoms with van der Waals surface area (Å²) in [5, 5.41) is 3.35. The van der Waals surface area contributed by atoms with Crippen molar-refractivity contribution in [1.29, 1.82) is 0 Å². The van der Waals surface area contributed by atoms with Gasteiger partial charge in [-0.05, 0) is 57.8 Å². The molecule has 0 aromatic rings. The standard InChI is InChI=1S/C14H27N3O/c1-16(10-11-17-8-2-3-9-17)14(18)12-13-4-6-15-7-5-13/h13,15H,2-12H2,1H3. The van der Waals surface area contributed by atoms with Gasteiger partial charge in [-0.1, -0.05) is 0 Å². The van der Waals surface area contributed by atoms with Crippen LogP contribution in [0.2, 0.25) is 0 Å². The Morgan fingerprint density at radius 1 is 1.28 bits per heavy atom. The number of rotatable bonds is 5. The Morgan fingerprint density at radius 2 is 1.94 bits per heavy atom. The first kappa shape index (κ1) is 13.8. The fraction of sp³-hybridized carbons (Fsp3) is 0.929. The van der Waals surface area contributed by atoms with Crippen LogP contribution in [0.25, 0.3) is 0 Å². The predicted molar refractivity (Wildman–Crippen MR) is 73.5 cm³/mol. The summed E-state index contributed by atoms with van der Waals surface area (Å²) in [5.74, 6) is 0.939. The van der Waals surface area contributed by atoms with Crippen molar-refractivity contribution in [3.8, 4) is 0 Å². The van der Waals surface area contributed by atoms with Gasteiger partial charge in [-0.3, -0.25) is 4.79 Å². The van der Waals surface area contributed by atoms with Gasteiger partial charge in [0.15, 0.2) is 0 Å². The molecule has 0 aliphatic carbocycles. The highest BCUT2D eigenvalue weighted by atomic mass is 16.2. The highest BCUT2D eigenvalue weighted by molar-refractivity contribution is 5.76. The smallest absolute Gasteiger partial charge is 0.222 e. The zero-order valence-corrected chi connectivity index (χ0v) is 11.7. The average molecular weight is 253 g/mol. The van der Waals surface area contributed by atoms with Crippen LogP contribution < -0.4 is 5.32 Å². The quantitative estimate of drug-likeness (QED) is 0.792. The monoisotopic (exact) mass is 253 g/mol. The predicted octanol–water partition coefficient (Wildman–Crippen LogP) is 0.930. The van der Waals surface area contributed by atoms with Crippen LogP contribution in [0.3, 0.4) is 0 Å². The van der Waals surface area contributed by atoms with Gasteiger partial charge in [0.05, 0.1) is 0 Å². The Hall–Kier alpha value is -0.610. The minimum absolute atomic E-state index is 0.334. The zero-order valence-electron chi connectivity index (χ0n) is 11.7. The second kappa shape index (κ2) is 7.10. The van der Waals surface area contributed by atoms with Gasteiger partial charge < -0.3 is 15.1 Å². The van der Waals surface area contributed by atoms with E-state index in [4.69, 9.17) is 0 Å². The van der Waals surface area contributed by atoms with Crippen molar-refractivity contribution in [3.63, 3.8) is 0 Å². The molecule has 1 N–H and O–H groups in total. The van der Waals surface area contributed by atoms with E-state index in [1.165, 1.54) is 25.9 Å². The highest BCUT2D eigenvalue weighted by Crippen LogP contribution is 2.16. The van der Waals surface area contributed by atoms with Crippen LogP contribution in [-0.4, -0.2) is 62.0 Å². The minimum atomic E-state index is 0.334. The minimum Gasteiger partial charge on any atom is -0.344 e. The van der Waals surface area contributed by atoms with Gasteiger partial charge in [0.25, 0.3) is 0 Å². The summed E-state index contributed by atoms with van der Waals surface area (Å²) in [6.07, 6.45) is 5.72. The van der Waals surface area contributed by atoms with E-state index in [2.05, 4.69) is 10.2 Å². The molecular weight excluding hydrogens is 226 g/mol.